The van der Waals surface area contributed by atoms with Gasteiger partial charge in [0.2, 0.25) is 0 Å². The summed E-state index contributed by atoms with van der Waals surface area (Å²) in [5, 5.41) is 0. The Morgan fingerprint density at radius 2 is 1.93 bits per heavy atom. The Labute approximate surface area is 91.4 Å². The molecule has 2 N–H and O–H groups in total. The van der Waals surface area contributed by atoms with Crippen LogP contribution in [0.2, 0.25) is 0 Å². The van der Waals surface area contributed by atoms with Crippen molar-refractivity contribution in [3.8, 4) is 0 Å². The van der Waals surface area contributed by atoms with Crippen molar-refractivity contribution in [2.75, 3.05) is 13.2 Å². The molecule has 2 heteroatoms. The van der Waals surface area contributed by atoms with Gasteiger partial charge in [-0.1, -0.05) is 24.3 Å². The standard InChI is InChI=1S/C13H19NO/c1-13(2,14)12-5-3-10(4-6-12)11-7-8-15-9-11/h3-6,11H,7-9,14H2,1-2H3. The van der Waals surface area contributed by atoms with Crippen LogP contribution in [0.5, 0.6) is 0 Å². The topological polar surface area (TPSA) is 35.2 Å². The van der Waals surface area contributed by atoms with E-state index in [1.165, 1.54) is 11.1 Å². The maximum Gasteiger partial charge on any atom is 0.0535 e. The van der Waals surface area contributed by atoms with Crippen molar-refractivity contribution >= 4 is 0 Å². The highest BCUT2D eigenvalue weighted by Crippen LogP contribution is 2.26. The molecule has 0 saturated carbocycles. The van der Waals surface area contributed by atoms with Crippen LogP contribution in [0.15, 0.2) is 24.3 Å². The van der Waals surface area contributed by atoms with E-state index in [0.717, 1.165) is 19.6 Å². The van der Waals surface area contributed by atoms with Crippen molar-refractivity contribution < 1.29 is 4.74 Å². The van der Waals surface area contributed by atoms with Crippen LogP contribution in [0.3, 0.4) is 0 Å². The summed E-state index contributed by atoms with van der Waals surface area (Å²) < 4.78 is 5.38. The molecule has 1 unspecified atom stereocenters. The van der Waals surface area contributed by atoms with E-state index in [1.807, 2.05) is 13.8 Å². The maximum atomic E-state index is 6.04. The molecule has 15 heavy (non-hydrogen) atoms. The van der Waals surface area contributed by atoms with Crippen LogP contribution < -0.4 is 5.73 Å². The van der Waals surface area contributed by atoms with Crippen molar-refractivity contribution in [2.45, 2.75) is 31.7 Å². The van der Waals surface area contributed by atoms with Crippen LogP contribution in [0.4, 0.5) is 0 Å². The van der Waals surface area contributed by atoms with Gasteiger partial charge in [0.05, 0.1) is 6.61 Å². The van der Waals surface area contributed by atoms with Gasteiger partial charge in [-0.2, -0.15) is 0 Å². The Balaban J connectivity index is 2.16. The summed E-state index contributed by atoms with van der Waals surface area (Å²) in [5.74, 6) is 0.583. The zero-order valence-electron chi connectivity index (χ0n) is 9.49. The first-order chi connectivity index (χ1) is 7.07. The van der Waals surface area contributed by atoms with Crippen LogP contribution in [0.25, 0.3) is 0 Å². The molecule has 1 aliphatic heterocycles. The molecular formula is C13H19NO. The summed E-state index contributed by atoms with van der Waals surface area (Å²) in [6.07, 6.45) is 1.14. The van der Waals surface area contributed by atoms with Crippen LogP contribution in [-0.4, -0.2) is 13.2 Å². The van der Waals surface area contributed by atoms with E-state index in [0.29, 0.717) is 5.92 Å². The third-order valence-electron chi connectivity index (χ3n) is 3.06. The van der Waals surface area contributed by atoms with E-state index in [4.69, 9.17) is 10.5 Å². The van der Waals surface area contributed by atoms with Gasteiger partial charge >= 0.3 is 0 Å². The van der Waals surface area contributed by atoms with Crippen molar-refractivity contribution in [1.82, 2.24) is 0 Å². The second-order valence-corrected chi connectivity index (χ2v) is 4.90. The van der Waals surface area contributed by atoms with Gasteiger partial charge in [-0.25, -0.2) is 0 Å². The minimum absolute atomic E-state index is 0.245. The van der Waals surface area contributed by atoms with Gasteiger partial charge in [-0.3, -0.25) is 0 Å². The lowest BCUT2D eigenvalue weighted by Crippen LogP contribution is -2.28. The molecule has 0 spiro atoms. The molecule has 1 aromatic rings. The molecule has 1 fully saturated rings. The van der Waals surface area contributed by atoms with Gasteiger partial charge in [-0.15, -0.1) is 0 Å². The number of ether oxygens (including phenoxy) is 1. The number of rotatable bonds is 2. The SMILES string of the molecule is CC(C)(N)c1ccc(C2CCOC2)cc1. The van der Waals surface area contributed by atoms with Gasteiger partial charge in [-0.05, 0) is 31.4 Å². The summed E-state index contributed by atoms with van der Waals surface area (Å²) in [5.41, 5.74) is 8.35. The molecule has 0 aromatic heterocycles. The average Bonchev–Trinajstić information content (AvgIpc) is 2.69. The summed E-state index contributed by atoms with van der Waals surface area (Å²) >= 11 is 0. The Bertz CT molecular complexity index is 317. The Kier molecular flexibility index (Phi) is 2.81. The lowest BCUT2D eigenvalue weighted by molar-refractivity contribution is 0.194. The zero-order valence-corrected chi connectivity index (χ0v) is 9.49. The monoisotopic (exact) mass is 205 g/mol. The van der Waals surface area contributed by atoms with Crippen LogP contribution in [0.1, 0.15) is 37.3 Å². The third-order valence-corrected chi connectivity index (χ3v) is 3.06. The maximum absolute atomic E-state index is 6.04. The first kappa shape index (κ1) is 10.7. The van der Waals surface area contributed by atoms with Gasteiger partial charge in [0, 0.05) is 18.1 Å². The molecule has 0 bridgehead atoms. The first-order valence-electron chi connectivity index (χ1n) is 5.54. The lowest BCUT2D eigenvalue weighted by atomic mass is 9.91. The summed E-state index contributed by atoms with van der Waals surface area (Å²) in [6, 6.07) is 8.63. The molecule has 82 valence electrons. The summed E-state index contributed by atoms with van der Waals surface area (Å²) in [7, 11) is 0. The molecule has 1 aromatic carbocycles. The Morgan fingerprint density at radius 3 is 2.40 bits per heavy atom. The average molecular weight is 205 g/mol. The van der Waals surface area contributed by atoms with Gasteiger partial charge in [0.1, 0.15) is 0 Å². The van der Waals surface area contributed by atoms with Crippen LogP contribution in [0, 0.1) is 0 Å². The zero-order chi connectivity index (χ0) is 10.9. The Hall–Kier alpha value is -0.860. The van der Waals surface area contributed by atoms with Gasteiger partial charge < -0.3 is 10.5 Å². The smallest absolute Gasteiger partial charge is 0.0535 e. The fraction of sp³-hybridized carbons (Fsp3) is 0.538. The number of nitrogens with two attached hydrogens (primary N) is 1. The number of benzene rings is 1. The largest absolute Gasteiger partial charge is 0.381 e. The molecule has 2 rings (SSSR count). The molecule has 1 atom stereocenters. The predicted molar refractivity (Wildman–Crippen MR) is 61.8 cm³/mol. The lowest BCUT2D eigenvalue weighted by Gasteiger charge is -2.20. The molecule has 0 amide bonds. The second-order valence-electron chi connectivity index (χ2n) is 4.90. The third kappa shape index (κ3) is 2.39. The van der Waals surface area contributed by atoms with E-state index in [1.54, 1.807) is 0 Å². The van der Waals surface area contributed by atoms with E-state index < -0.39 is 0 Å². The van der Waals surface area contributed by atoms with E-state index in [-0.39, 0.29) is 5.54 Å². The molecule has 1 saturated heterocycles. The highest BCUT2D eigenvalue weighted by atomic mass is 16.5. The number of hydrogen-bond acceptors (Lipinski definition) is 2. The fourth-order valence-corrected chi connectivity index (χ4v) is 1.98. The summed E-state index contributed by atoms with van der Waals surface area (Å²) in [4.78, 5) is 0. The van der Waals surface area contributed by atoms with Crippen molar-refractivity contribution in [2.24, 2.45) is 5.73 Å². The molecule has 0 aliphatic carbocycles. The highest BCUT2D eigenvalue weighted by Gasteiger charge is 2.19. The molecule has 0 radical (unpaired) electrons. The van der Waals surface area contributed by atoms with Gasteiger partial charge in [0.25, 0.3) is 0 Å². The molecular weight excluding hydrogens is 186 g/mol. The molecule has 2 nitrogen and oxygen atoms in total. The van der Waals surface area contributed by atoms with Gasteiger partial charge in [0.15, 0.2) is 0 Å². The van der Waals surface area contributed by atoms with Crippen molar-refractivity contribution in [3.05, 3.63) is 35.4 Å². The number of hydrogen-bond donors (Lipinski definition) is 1. The van der Waals surface area contributed by atoms with Crippen LogP contribution >= 0.6 is 0 Å². The molecule has 1 aliphatic rings. The first-order valence-corrected chi connectivity index (χ1v) is 5.54. The van der Waals surface area contributed by atoms with Crippen molar-refractivity contribution in [3.63, 3.8) is 0 Å². The summed E-state index contributed by atoms with van der Waals surface area (Å²) in [6.45, 7) is 5.82. The quantitative estimate of drug-likeness (QED) is 0.804. The second kappa shape index (κ2) is 3.95. The van der Waals surface area contributed by atoms with E-state index in [9.17, 15) is 0 Å². The van der Waals surface area contributed by atoms with E-state index in [2.05, 4.69) is 24.3 Å². The molecule has 1 heterocycles. The van der Waals surface area contributed by atoms with E-state index >= 15 is 0 Å². The fourth-order valence-electron chi connectivity index (χ4n) is 1.98. The minimum atomic E-state index is -0.245. The normalized spacial score (nSPS) is 21.9. The van der Waals surface area contributed by atoms with Crippen molar-refractivity contribution in [1.29, 1.82) is 0 Å². The highest BCUT2D eigenvalue weighted by molar-refractivity contribution is 5.29. The Morgan fingerprint density at radius 1 is 1.27 bits per heavy atom. The van der Waals surface area contributed by atoms with Crippen LogP contribution in [-0.2, 0) is 10.3 Å². The minimum Gasteiger partial charge on any atom is -0.381 e. The predicted octanol–water partition coefficient (Wildman–Crippen LogP) is 2.38.